The van der Waals surface area contributed by atoms with Crippen LogP contribution in [0.5, 0.6) is 0 Å². The lowest BCUT2D eigenvalue weighted by Gasteiger charge is -2.29. The third-order valence-corrected chi connectivity index (χ3v) is 4.84. The van der Waals surface area contributed by atoms with Gasteiger partial charge in [-0.1, -0.05) is 30.3 Å². The van der Waals surface area contributed by atoms with E-state index in [2.05, 4.69) is 0 Å². The van der Waals surface area contributed by atoms with Crippen molar-refractivity contribution in [1.82, 2.24) is 4.57 Å². The second kappa shape index (κ2) is 5.84. The number of hydrogen-bond acceptors (Lipinski definition) is 3. The number of aromatic nitrogens is 1. The van der Waals surface area contributed by atoms with Gasteiger partial charge in [-0.25, -0.2) is 4.39 Å². The topological polar surface area (TPSA) is 48.3 Å². The number of rotatable bonds is 2. The fourth-order valence-corrected chi connectivity index (χ4v) is 3.63. The normalized spacial score (nSPS) is 19.7. The largest absolute Gasteiger partial charge is 0.468 e. The highest BCUT2D eigenvalue weighted by Crippen LogP contribution is 2.40. The molecule has 0 amide bonds. The Balaban J connectivity index is 1.93. The zero-order valence-electron chi connectivity index (χ0n) is 13.6. The molecule has 0 spiro atoms. The first-order valence-electron chi connectivity index (χ1n) is 8.08. The van der Waals surface area contributed by atoms with Crippen LogP contribution in [0.2, 0.25) is 0 Å². The van der Waals surface area contributed by atoms with Gasteiger partial charge in [0.05, 0.1) is 12.6 Å². The molecule has 2 aromatic carbocycles. The van der Waals surface area contributed by atoms with Gasteiger partial charge in [-0.15, -0.1) is 0 Å². The maximum Gasteiger partial charge on any atom is 0.318 e. The Kier molecular flexibility index (Phi) is 3.64. The molecule has 25 heavy (non-hydrogen) atoms. The summed E-state index contributed by atoms with van der Waals surface area (Å²) >= 11 is 0. The van der Waals surface area contributed by atoms with Gasteiger partial charge in [0, 0.05) is 17.0 Å². The smallest absolute Gasteiger partial charge is 0.318 e. The molecule has 0 saturated carbocycles. The number of halogens is 1. The van der Waals surface area contributed by atoms with Gasteiger partial charge in [-0.05, 0) is 36.2 Å². The van der Waals surface area contributed by atoms with Crippen molar-refractivity contribution in [3.8, 4) is 0 Å². The maximum atomic E-state index is 13.3. The van der Waals surface area contributed by atoms with Gasteiger partial charge in [0.15, 0.2) is 0 Å². The Morgan fingerprint density at radius 1 is 1.16 bits per heavy atom. The van der Waals surface area contributed by atoms with Crippen molar-refractivity contribution in [2.24, 2.45) is 5.92 Å². The van der Waals surface area contributed by atoms with E-state index in [-0.39, 0.29) is 17.6 Å². The number of carbonyl (C=O) groups is 2. The predicted molar refractivity (Wildman–Crippen MR) is 90.9 cm³/mol. The van der Waals surface area contributed by atoms with Crippen molar-refractivity contribution in [1.29, 1.82) is 0 Å². The number of methoxy groups -OCH3 is 1. The van der Waals surface area contributed by atoms with Crippen LogP contribution < -0.4 is 0 Å². The molecule has 4 rings (SSSR count). The lowest BCUT2D eigenvalue weighted by Crippen LogP contribution is -2.37. The van der Waals surface area contributed by atoms with Gasteiger partial charge in [-0.2, -0.15) is 0 Å². The highest BCUT2D eigenvalue weighted by atomic mass is 19.1. The summed E-state index contributed by atoms with van der Waals surface area (Å²) in [5.74, 6) is -2.19. The molecule has 1 aliphatic heterocycles. The summed E-state index contributed by atoms with van der Waals surface area (Å²) in [6.07, 6.45) is 0.313. The summed E-state index contributed by atoms with van der Waals surface area (Å²) in [6, 6.07) is 15.7. The molecule has 0 aliphatic carbocycles. The molecule has 0 saturated heterocycles. The fraction of sp³-hybridized carbons (Fsp3) is 0.200. The Hall–Kier alpha value is -2.95. The van der Waals surface area contributed by atoms with E-state index >= 15 is 0 Å². The molecule has 4 nitrogen and oxygen atoms in total. The van der Waals surface area contributed by atoms with Crippen LogP contribution in [0.4, 0.5) is 4.39 Å². The summed E-state index contributed by atoms with van der Waals surface area (Å²) in [5.41, 5.74) is 2.45. The Bertz CT molecular complexity index is 974. The van der Waals surface area contributed by atoms with E-state index in [0.29, 0.717) is 6.42 Å². The lowest BCUT2D eigenvalue weighted by atomic mass is 9.83. The van der Waals surface area contributed by atoms with Crippen LogP contribution in [-0.4, -0.2) is 23.6 Å². The van der Waals surface area contributed by atoms with E-state index in [9.17, 15) is 14.0 Å². The van der Waals surface area contributed by atoms with Crippen molar-refractivity contribution < 1.29 is 18.7 Å². The van der Waals surface area contributed by atoms with Crippen LogP contribution in [0, 0.1) is 11.7 Å². The molecular weight excluding hydrogens is 321 g/mol. The van der Waals surface area contributed by atoms with Crippen LogP contribution in [0.25, 0.3) is 10.9 Å². The molecule has 2 atom stereocenters. The van der Waals surface area contributed by atoms with Crippen molar-refractivity contribution >= 4 is 22.8 Å². The lowest BCUT2D eigenvalue weighted by molar-refractivity contribution is -0.144. The second-order valence-corrected chi connectivity index (χ2v) is 6.22. The molecule has 3 aromatic rings. The summed E-state index contributed by atoms with van der Waals surface area (Å²) in [4.78, 5) is 25.1. The van der Waals surface area contributed by atoms with Gasteiger partial charge in [0.2, 0.25) is 5.91 Å². The van der Waals surface area contributed by atoms with Crippen LogP contribution in [0.1, 0.15) is 28.4 Å². The zero-order chi connectivity index (χ0) is 17.6. The molecule has 5 heteroatoms. The fourth-order valence-electron chi connectivity index (χ4n) is 3.63. The van der Waals surface area contributed by atoms with Gasteiger partial charge in [0.1, 0.15) is 11.7 Å². The summed E-state index contributed by atoms with van der Waals surface area (Å²) in [5, 5.41) is 0.934. The van der Waals surface area contributed by atoms with Gasteiger partial charge in [-0.3, -0.25) is 14.2 Å². The first-order valence-corrected chi connectivity index (χ1v) is 8.08. The number of fused-ring (bicyclic) bond motifs is 3. The quantitative estimate of drug-likeness (QED) is 0.529. The minimum absolute atomic E-state index is 0.185. The molecule has 1 aromatic heterocycles. The Labute approximate surface area is 143 Å². The molecule has 0 radical (unpaired) electrons. The number of ether oxygens (including phenoxy) is 1. The first kappa shape index (κ1) is 15.6. The monoisotopic (exact) mass is 337 g/mol. The summed E-state index contributed by atoms with van der Waals surface area (Å²) in [7, 11) is 1.28. The highest BCUT2D eigenvalue weighted by Gasteiger charge is 2.40. The molecule has 2 unspecified atom stereocenters. The third kappa shape index (κ3) is 2.43. The van der Waals surface area contributed by atoms with E-state index < -0.39 is 11.9 Å². The molecule has 2 heterocycles. The number of carbonyl (C=O) groups excluding carboxylic acids is 2. The minimum Gasteiger partial charge on any atom is -0.468 e. The number of esters is 1. The van der Waals surface area contributed by atoms with Crippen molar-refractivity contribution in [2.45, 2.75) is 12.3 Å². The molecule has 1 aliphatic rings. The zero-order valence-corrected chi connectivity index (χ0v) is 13.6. The van der Waals surface area contributed by atoms with Crippen molar-refractivity contribution in [3.63, 3.8) is 0 Å². The number of para-hydroxylation sites is 1. The Morgan fingerprint density at radius 3 is 2.60 bits per heavy atom. The van der Waals surface area contributed by atoms with E-state index in [1.165, 1.54) is 19.2 Å². The number of nitrogens with zero attached hydrogens (tertiary/aromatic N) is 1. The number of benzene rings is 2. The molecule has 126 valence electrons. The minimum atomic E-state index is -0.872. The van der Waals surface area contributed by atoms with Crippen molar-refractivity contribution in [3.05, 3.63) is 71.7 Å². The van der Waals surface area contributed by atoms with Gasteiger partial charge < -0.3 is 4.74 Å². The second-order valence-electron chi connectivity index (χ2n) is 6.22. The summed E-state index contributed by atoms with van der Waals surface area (Å²) in [6.45, 7) is 0. The molecule has 0 bridgehead atoms. The third-order valence-electron chi connectivity index (χ3n) is 4.84. The first-order chi connectivity index (χ1) is 12.1. The van der Waals surface area contributed by atoms with E-state index in [1.807, 2.05) is 30.3 Å². The van der Waals surface area contributed by atoms with Gasteiger partial charge in [0.25, 0.3) is 0 Å². The average molecular weight is 337 g/mol. The van der Waals surface area contributed by atoms with E-state index in [4.69, 9.17) is 4.74 Å². The highest BCUT2D eigenvalue weighted by molar-refractivity contribution is 6.05. The molecular formula is C20H16FNO3. The number of hydrogen-bond donors (Lipinski definition) is 0. The van der Waals surface area contributed by atoms with Crippen LogP contribution >= 0.6 is 0 Å². The van der Waals surface area contributed by atoms with Crippen LogP contribution in [-0.2, 0) is 9.53 Å². The summed E-state index contributed by atoms with van der Waals surface area (Å²) < 4.78 is 19.7. The molecule has 0 fully saturated rings. The Morgan fingerprint density at radius 2 is 1.88 bits per heavy atom. The SMILES string of the molecule is COC(=O)C1CC(c2ccc(F)cc2)c2cc3ccccc3n2C1=O. The van der Waals surface area contributed by atoms with E-state index in [0.717, 1.165) is 22.2 Å². The van der Waals surface area contributed by atoms with Crippen molar-refractivity contribution in [2.75, 3.05) is 7.11 Å². The van der Waals surface area contributed by atoms with E-state index in [1.54, 1.807) is 16.7 Å². The standard InChI is InChI=1S/C20H16FNO3/c1-25-20(24)16-11-15(12-6-8-14(21)9-7-12)18-10-13-4-2-3-5-17(13)22(18)19(16)23/h2-10,15-16H,11H2,1H3. The van der Waals surface area contributed by atoms with Gasteiger partial charge >= 0.3 is 5.97 Å². The van der Waals surface area contributed by atoms with Crippen LogP contribution in [0.3, 0.4) is 0 Å². The maximum absolute atomic E-state index is 13.3. The van der Waals surface area contributed by atoms with Crippen LogP contribution in [0.15, 0.2) is 54.6 Å². The molecule has 0 N–H and O–H groups in total. The predicted octanol–water partition coefficient (Wildman–Crippen LogP) is 3.75. The average Bonchev–Trinajstić information content (AvgIpc) is 3.02.